The lowest BCUT2D eigenvalue weighted by atomic mass is 10.2. The van der Waals surface area contributed by atoms with Gasteiger partial charge >= 0.3 is 0 Å². The molecule has 1 amide bonds. The molecule has 0 spiro atoms. The summed E-state index contributed by atoms with van der Waals surface area (Å²) < 4.78 is 1.02. The van der Waals surface area contributed by atoms with E-state index in [1.54, 1.807) is 24.4 Å². The summed E-state index contributed by atoms with van der Waals surface area (Å²) in [5, 5.41) is 3.02. The summed E-state index contributed by atoms with van der Waals surface area (Å²) in [7, 11) is 0. The van der Waals surface area contributed by atoms with E-state index in [0.717, 1.165) is 11.1 Å². The van der Waals surface area contributed by atoms with Crippen LogP contribution >= 0.6 is 0 Å². The van der Waals surface area contributed by atoms with E-state index in [4.69, 9.17) is 5.84 Å². The highest BCUT2D eigenvalue weighted by atomic mass is 16.2. The number of nitrogens with zero attached hydrogens (tertiary/aromatic N) is 5. The van der Waals surface area contributed by atoms with E-state index in [1.807, 2.05) is 23.1 Å². The molecular weight excluding hydrogens is 358 g/mol. The molecule has 1 unspecified atom stereocenters. The van der Waals surface area contributed by atoms with Gasteiger partial charge in [-0.3, -0.25) is 9.59 Å². The van der Waals surface area contributed by atoms with Crippen molar-refractivity contribution < 1.29 is 4.79 Å². The lowest BCUT2D eigenvalue weighted by molar-refractivity contribution is 0.0940. The number of nitrogen functional groups attached to an aromatic ring is 1. The fourth-order valence-corrected chi connectivity index (χ4v) is 3.19. The summed E-state index contributed by atoms with van der Waals surface area (Å²) in [5.74, 6) is 6.15. The van der Waals surface area contributed by atoms with Gasteiger partial charge in [0.1, 0.15) is 6.33 Å². The van der Waals surface area contributed by atoms with Gasteiger partial charge in [0.15, 0.2) is 0 Å². The molecule has 9 heteroatoms. The Morgan fingerprint density at radius 1 is 1.18 bits per heavy atom. The fourth-order valence-electron chi connectivity index (χ4n) is 3.19. The first kappa shape index (κ1) is 17.7. The van der Waals surface area contributed by atoms with Crippen LogP contribution in [-0.4, -0.2) is 44.7 Å². The summed E-state index contributed by atoms with van der Waals surface area (Å²) in [6, 6.07) is 12.0. The van der Waals surface area contributed by atoms with Crippen LogP contribution in [0.25, 0.3) is 11.4 Å². The number of aromatic nitrogens is 4. The van der Waals surface area contributed by atoms with Gasteiger partial charge in [-0.2, -0.15) is 4.68 Å². The van der Waals surface area contributed by atoms with Gasteiger partial charge in [0.2, 0.25) is 5.95 Å². The van der Waals surface area contributed by atoms with Crippen LogP contribution in [0.1, 0.15) is 16.8 Å². The standard InChI is InChI=1S/C19H19N7O2/c20-26-17(27)10-16(15-6-8-21-12-22-15)24-19(26)25-9-7-14(11-25)23-18(28)13-4-2-1-3-5-13/h1-6,8,10,12,14H,7,9,11,20H2,(H,23,28). The van der Waals surface area contributed by atoms with Crippen LogP contribution in [0.4, 0.5) is 5.95 Å². The number of carbonyl (C=O) groups is 1. The number of amides is 1. The minimum atomic E-state index is -0.379. The van der Waals surface area contributed by atoms with E-state index in [0.29, 0.717) is 36.0 Å². The number of hydrogen-bond donors (Lipinski definition) is 2. The zero-order valence-corrected chi connectivity index (χ0v) is 15.0. The van der Waals surface area contributed by atoms with Gasteiger partial charge in [0.05, 0.1) is 11.4 Å². The van der Waals surface area contributed by atoms with Gasteiger partial charge in [0.25, 0.3) is 11.5 Å². The van der Waals surface area contributed by atoms with Gasteiger partial charge in [-0.05, 0) is 24.6 Å². The van der Waals surface area contributed by atoms with Gasteiger partial charge in [-0.1, -0.05) is 18.2 Å². The molecule has 1 aliphatic heterocycles. The summed E-state index contributed by atoms with van der Waals surface area (Å²) >= 11 is 0. The Hall–Kier alpha value is -3.75. The molecule has 2 aromatic heterocycles. The van der Waals surface area contributed by atoms with Crippen molar-refractivity contribution in [3.8, 4) is 11.4 Å². The van der Waals surface area contributed by atoms with Crippen molar-refractivity contribution in [1.29, 1.82) is 0 Å². The summed E-state index contributed by atoms with van der Waals surface area (Å²) in [6.07, 6.45) is 3.71. The third-order valence-corrected chi connectivity index (χ3v) is 4.62. The van der Waals surface area contributed by atoms with Crippen LogP contribution in [-0.2, 0) is 0 Å². The van der Waals surface area contributed by atoms with Gasteiger partial charge < -0.3 is 16.1 Å². The van der Waals surface area contributed by atoms with Crippen LogP contribution in [0.2, 0.25) is 0 Å². The molecule has 28 heavy (non-hydrogen) atoms. The summed E-state index contributed by atoms with van der Waals surface area (Å²) in [6.45, 7) is 1.13. The Bertz CT molecular complexity index is 1040. The number of rotatable bonds is 4. The molecule has 142 valence electrons. The molecular formula is C19H19N7O2. The van der Waals surface area contributed by atoms with Crippen LogP contribution in [0, 0.1) is 0 Å². The zero-order valence-electron chi connectivity index (χ0n) is 15.0. The topological polar surface area (TPSA) is 119 Å². The molecule has 9 nitrogen and oxygen atoms in total. The van der Waals surface area contributed by atoms with E-state index in [-0.39, 0.29) is 17.5 Å². The molecule has 3 N–H and O–H groups in total. The van der Waals surface area contributed by atoms with E-state index in [2.05, 4.69) is 20.3 Å². The Morgan fingerprint density at radius 2 is 2.00 bits per heavy atom. The SMILES string of the molecule is Nn1c(N2CCC(NC(=O)c3ccccc3)C2)nc(-c2ccncn2)cc1=O. The Morgan fingerprint density at radius 3 is 2.75 bits per heavy atom. The maximum Gasteiger partial charge on any atom is 0.274 e. The second-order valence-corrected chi connectivity index (χ2v) is 6.52. The van der Waals surface area contributed by atoms with Crippen molar-refractivity contribution in [2.45, 2.75) is 12.5 Å². The third-order valence-electron chi connectivity index (χ3n) is 4.62. The number of nitrogens with one attached hydrogen (secondary N) is 1. The predicted octanol–water partition coefficient (Wildman–Crippen LogP) is 0.423. The molecule has 1 atom stereocenters. The van der Waals surface area contributed by atoms with Gasteiger partial charge in [-0.25, -0.2) is 15.0 Å². The third kappa shape index (κ3) is 3.54. The molecule has 1 aromatic carbocycles. The number of benzene rings is 1. The van der Waals surface area contributed by atoms with Gasteiger partial charge in [-0.15, -0.1) is 0 Å². The highest BCUT2D eigenvalue weighted by Gasteiger charge is 2.27. The van der Waals surface area contributed by atoms with Crippen LogP contribution in [0.3, 0.4) is 0 Å². The van der Waals surface area contributed by atoms with Crippen LogP contribution in [0.15, 0.2) is 59.8 Å². The zero-order chi connectivity index (χ0) is 19.5. The van der Waals surface area contributed by atoms with Crippen LogP contribution in [0.5, 0.6) is 0 Å². The summed E-state index contributed by atoms with van der Waals surface area (Å²) in [4.78, 5) is 39.1. The summed E-state index contributed by atoms with van der Waals surface area (Å²) in [5.41, 5.74) is 1.21. The van der Waals surface area contributed by atoms with Crippen molar-refractivity contribution in [3.63, 3.8) is 0 Å². The highest BCUT2D eigenvalue weighted by molar-refractivity contribution is 5.94. The first-order chi connectivity index (χ1) is 13.6. The number of hydrogen-bond acceptors (Lipinski definition) is 7. The minimum Gasteiger partial charge on any atom is -0.347 e. The number of carbonyl (C=O) groups excluding carboxylic acids is 1. The lowest BCUT2D eigenvalue weighted by Crippen LogP contribution is -2.39. The number of anilines is 1. The molecule has 3 heterocycles. The highest BCUT2D eigenvalue weighted by Crippen LogP contribution is 2.20. The van der Waals surface area contributed by atoms with E-state index in [1.165, 1.54) is 12.4 Å². The predicted molar refractivity (Wildman–Crippen MR) is 104 cm³/mol. The average molecular weight is 377 g/mol. The maximum atomic E-state index is 12.4. The quantitative estimate of drug-likeness (QED) is 0.633. The monoisotopic (exact) mass is 377 g/mol. The second kappa shape index (κ2) is 7.47. The van der Waals surface area contributed by atoms with Crippen molar-refractivity contribution in [3.05, 3.63) is 70.9 Å². The van der Waals surface area contributed by atoms with Crippen molar-refractivity contribution in [2.75, 3.05) is 23.8 Å². The molecule has 0 radical (unpaired) electrons. The Balaban J connectivity index is 1.53. The van der Waals surface area contributed by atoms with Crippen molar-refractivity contribution in [2.24, 2.45) is 0 Å². The normalized spacial score (nSPS) is 16.1. The lowest BCUT2D eigenvalue weighted by Gasteiger charge is -2.20. The first-order valence-electron chi connectivity index (χ1n) is 8.88. The molecule has 0 aliphatic carbocycles. The maximum absolute atomic E-state index is 12.4. The minimum absolute atomic E-state index is 0.0627. The molecule has 3 aromatic rings. The first-order valence-corrected chi connectivity index (χ1v) is 8.88. The smallest absolute Gasteiger partial charge is 0.274 e. The van der Waals surface area contributed by atoms with Crippen LogP contribution < -0.4 is 21.6 Å². The van der Waals surface area contributed by atoms with Crippen molar-refractivity contribution in [1.82, 2.24) is 24.9 Å². The molecule has 4 rings (SSSR count). The molecule has 1 fully saturated rings. The van der Waals surface area contributed by atoms with E-state index in [9.17, 15) is 9.59 Å². The van der Waals surface area contributed by atoms with E-state index < -0.39 is 0 Å². The number of nitrogens with two attached hydrogens (primary N) is 1. The molecule has 1 saturated heterocycles. The molecule has 0 bridgehead atoms. The van der Waals surface area contributed by atoms with Gasteiger partial charge in [0, 0.05) is 37.0 Å². The van der Waals surface area contributed by atoms with E-state index >= 15 is 0 Å². The Labute approximate surface area is 160 Å². The second-order valence-electron chi connectivity index (χ2n) is 6.52. The largest absolute Gasteiger partial charge is 0.347 e. The Kier molecular flexibility index (Phi) is 4.71. The van der Waals surface area contributed by atoms with Crippen molar-refractivity contribution >= 4 is 11.9 Å². The molecule has 0 saturated carbocycles. The molecule has 1 aliphatic rings. The fraction of sp³-hybridized carbons (Fsp3) is 0.211. The average Bonchev–Trinajstić information content (AvgIpc) is 3.19.